The molecule has 3 aliphatic rings. The summed E-state index contributed by atoms with van der Waals surface area (Å²) in [6, 6.07) is 8.00. The van der Waals surface area contributed by atoms with Crippen LogP contribution in [-0.4, -0.2) is 41.3 Å². The van der Waals surface area contributed by atoms with Gasteiger partial charge in [-0.15, -0.1) is 0 Å². The van der Waals surface area contributed by atoms with Crippen molar-refractivity contribution in [2.75, 3.05) is 24.5 Å². The molecule has 1 saturated heterocycles. The molecule has 144 valence electrons. The molecule has 0 aliphatic carbocycles. The van der Waals surface area contributed by atoms with E-state index in [1.807, 2.05) is 23.1 Å². The molecule has 1 N–H and O–H groups in total. The average molecular weight is 376 g/mol. The minimum absolute atomic E-state index is 0.000383. The zero-order valence-corrected chi connectivity index (χ0v) is 15.9. The zero-order valence-electron chi connectivity index (χ0n) is 15.9. The Morgan fingerprint density at radius 1 is 1.00 bits per heavy atom. The van der Waals surface area contributed by atoms with E-state index < -0.39 is 0 Å². The number of hydrogen-bond donors (Lipinski definition) is 1. The van der Waals surface area contributed by atoms with Crippen molar-refractivity contribution in [3.8, 4) is 0 Å². The Labute approximate surface area is 164 Å². The van der Waals surface area contributed by atoms with Crippen molar-refractivity contribution in [3.63, 3.8) is 0 Å². The number of piperidine rings is 1. The molecule has 5 rings (SSSR count). The van der Waals surface area contributed by atoms with Crippen LogP contribution in [0.5, 0.6) is 0 Å². The first-order chi connectivity index (χ1) is 13.7. The van der Waals surface area contributed by atoms with E-state index in [1.54, 1.807) is 6.20 Å². The van der Waals surface area contributed by atoms with Crippen LogP contribution in [0.15, 0.2) is 30.5 Å². The number of pyridine rings is 1. The molecule has 6 nitrogen and oxygen atoms in total. The first-order valence-corrected chi connectivity index (χ1v) is 10.2. The van der Waals surface area contributed by atoms with Gasteiger partial charge in [-0.1, -0.05) is 0 Å². The first-order valence-electron chi connectivity index (χ1n) is 10.2. The van der Waals surface area contributed by atoms with Crippen molar-refractivity contribution in [1.82, 2.24) is 15.2 Å². The van der Waals surface area contributed by atoms with Crippen LogP contribution in [0, 0.1) is 0 Å². The number of likely N-dealkylation sites (tertiary alicyclic amines) is 1. The Morgan fingerprint density at radius 2 is 1.86 bits per heavy atom. The number of amides is 2. The Bertz CT molecular complexity index is 950. The minimum Gasteiger partial charge on any atom is -0.348 e. The van der Waals surface area contributed by atoms with Gasteiger partial charge in [0.05, 0.1) is 5.56 Å². The quantitative estimate of drug-likeness (QED) is 0.875. The maximum absolute atomic E-state index is 12.8. The molecule has 2 amide bonds. The molecule has 0 atom stereocenters. The predicted molar refractivity (Wildman–Crippen MR) is 107 cm³/mol. The summed E-state index contributed by atoms with van der Waals surface area (Å²) < 4.78 is 0. The van der Waals surface area contributed by atoms with Gasteiger partial charge in [-0.2, -0.15) is 0 Å². The molecule has 0 radical (unpaired) electrons. The first kappa shape index (κ1) is 17.2. The van der Waals surface area contributed by atoms with Gasteiger partial charge < -0.3 is 15.1 Å². The zero-order chi connectivity index (χ0) is 19.1. The molecule has 0 bridgehead atoms. The Balaban J connectivity index is 1.44. The average Bonchev–Trinajstić information content (AvgIpc) is 3.13. The number of aromatic nitrogens is 1. The number of hydrogen-bond acceptors (Lipinski definition) is 4. The Kier molecular flexibility index (Phi) is 4.26. The van der Waals surface area contributed by atoms with Crippen LogP contribution in [-0.2, 0) is 13.0 Å². The largest absolute Gasteiger partial charge is 0.348 e. The van der Waals surface area contributed by atoms with Gasteiger partial charge in [0.2, 0.25) is 0 Å². The highest BCUT2D eigenvalue weighted by atomic mass is 16.2. The molecule has 6 heteroatoms. The van der Waals surface area contributed by atoms with Gasteiger partial charge in [0, 0.05) is 43.6 Å². The van der Waals surface area contributed by atoms with Gasteiger partial charge in [-0.3, -0.25) is 9.59 Å². The molecule has 0 saturated carbocycles. The minimum atomic E-state index is -0.000383. The monoisotopic (exact) mass is 376 g/mol. The second kappa shape index (κ2) is 6.93. The molecule has 1 aromatic carbocycles. The summed E-state index contributed by atoms with van der Waals surface area (Å²) in [5.41, 5.74) is 4.68. The molecule has 4 heterocycles. The summed E-state index contributed by atoms with van der Waals surface area (Å²) in [4.78, 5) is 33.5. The van der Waals surface area contributed by atoms with E-state index in [9.17, 15) is 9.59 Å². The maximum Gasteiger partial charge on any atom is 0.255 e. The van der Waals surface area contributed by atoms with E-state index in [2.05, 4.69) is 16.3 Å². The highest BCUT2D eigenvalue weighted by molar-refractivity contribution is 5.99. The number of benzene rings is 1. The fourth-order valence-electron chi connectivity index (χ4n) is 4.50. The number of carbonyl (C=O) groups is 2. The highest BCUT2D eigenvalue weighted by Crippen LogP contribution is 2.34. The van der Waals surface area contributed by atoms with Gasteiger partial charge in [-0.25, -0.2) is 4.98 Å². The third-order valence-corrected chi connectivity index (χ3v) is 6.00. The van der Waals surface area contributed by atoms with Crippen LogP contribution in [0.25, 0.3) is 0 Å². The van der Waals surface area contributed by atoms with Gasteiger partial charge in [-0.05, 0) is 67.5 Å². The molecule has 0 unspecified atom stereocenters. The van der Waals surface area contributed by atoms with Crippen LogP contribution in [0.3, 0.4) is 0 Å². The SMILES string of the molecule is O=C1NCc2cc(N3CCCc4cc(C(=O)N5CCCCC5)cnc43)ccc21. The number of nitrogens with zero attached hydrogens (tertiary/aromatic N) is 3. The molecule has 1 fully saturated rings. The van der Waals surface area contributed by atoms with E-state index >= 15 is 0 Å². The summed E-state index contributed by atoms with van der Waals surface area (Å²) in [6.45, 7) is 3.17. The van der Waals surface area contributed by atoms with Crippen molar-refractivity contribution in [3.05, 3.63) is 52.7 Å². The molecule has 0 spiro atoms. The van der Waals surface area contributed by atoms with E-state index in [1.165, 1.54) is 6.42 Å². The fraction of sp³-hybridized carbons (Fsp3) is 0.409. The Hall–Kier alpha value is -2.89. The van der Waals surface area contributed by atoms with E-state index in [0.717, 1.165) is 73.5 Å². The third kappa shape index (κ3) is 2.93. The number of aryl methyl sites for hydroxylation is 1. The Morgan fingerprint density at radius 3 is 2.71 bits per heavy atom. The lowest BCUT2D eigenvalue weighted by atomic mass is 10.0. The van der Waals surface area contributed by atoms with Crippen LogP contribution in [0.1, 0.15) is 57.5 Å². The summed E-state index contributed by atoms with van der Waals surface area (Å²) in [7, 11) is 0. The van der Waals surface area contributed by atoms with E-state index in [4.69, 9.17) is 4.98 Å². The van der Waals surface area contributed by atoms with Crippen LogP contribution in [0.2, 0.25) is 0 Å². The number of carbonyl (C=O) groups excluding carboxylic acids is 2. The molecule has 2 aromatic rings. The molecule has 1 aromatic heterocycles. The normalized spacial score (nSPS) is 18.5. The lowest BCUT2D eigenvalue weighted by Crippen LogP contribution is -2.36. The number of fused-ring (bicyclic) bond motifs is 2. The molecule has 28 heavy (non-hydrogen) atoms. The van der Waals surface area contributed by atoms with E-state index in [-0.39, 0.29) is 11.8 Å². The van der Waals surface area contributed by atoms with Crippen LogP contribution >= 0.6 is 0 Å². The van der Waals surface area contributed by atoms with Gasteiger partial charge in [0.15, 0.2) is 0 Å². The summed E-state index contributed by atoms with van der Waals surface area (Å²) in [5, 5.41) is 2.87. The van der Waals surface area contributed by atoms with Crippen molar-refractivity contribution in [1.29, 1.82) is 0 Å². The third-order valence-electron chi connectivity index (χ3n) is 6.00. The van der Waals surface area contributed by atoms with Crippen molar-refractivity contribution in [2.24, 2.45) is 0 Å². The molecular formula is C22H24N4O2. The summed E-state index contributed by atoms with van der Waals surface area (Å²) >= 11 is 0. The van der Waals surface area contributed by atoms with Gasteiger partial charge >= 0.3 is 0 Å². The number of anilines is 2. The maximum atomic E-state index is 12.8. The summed E-state index contributed by atoms with van der Waals surface area (Å²) in [5.74, 6) is 1.03. The van der Waals surface area contributed by atoms with Gasteiger partial charge in [0.1, 0.15) is 5.82 Å². The predicted octanol–water partition coefficient (Wildman–Crippen LogP) is 3.04. The van der Waals surface area contributed by atoms with Crippen molar-refractivity contribution < 1.29 is 9.59 Å². The number of nitrogens with one attached hydrogen (secondary N) is 1. The highest BCUT2D eigenvalue weighted by Gasteiger charge is 2.25. The second-order valence-corrected chi connectivity index (χ2v) is 7.84. The fourth-order valence-corrected chi connectivity index (χ4v) is 4.50. The summed E-state index contributed by atoms with van der Waals surface area (Å²) in [6.07, 6.45) is 7.08. The smallest absolute Gasteiger partial charge is 0.255 e. The van der Waals surface area contributed by atoms with Crippen molar-refractivity contribution >= 4 is 23.3 Å². The standard InChI is InChI=1S/C22H24N4O2/c27-21-19-7-6-18(12-16(19)13-24-21)26-10-4-5-15-11-17(14-23-20(15)26)22(28)25-8-2-1-3-9-25/h6-7,11-12,14H,1-5,8-10,13H2,(H,24,27). The topological polar surface area (TPSA) is 65.5 Å². The lowest BCUT2D eigenvalue weighted by molar-refractivity contribution is 0.0723. The van der Waals surface area contributed by atoms with Crippen LogP contribution in [0.4, 0.5) is 11.5 Å². The number of rotatable bonds is 2. The second-order valence-electron chi connectivity index (χ2n) is 7.84. The van der Waals surface area contributed by atoms with Gasteiger partial charge in [0.25, 0.3) is 11.8 Å². The molecule has 3 aliphatic heterocycles. The lowest BCUT2D eigenvalue weighted by Gasteiger charge is -2.31. The molecular weight excluding hydrogens is 352 g/mol. The van der Waals surface area contributed by atoms with Crippen molar-refractivity contribution in [2.45, 2.75) is 38.6 Å². The van der Waals surface area contributed by atoms with Crippen LogP contribution < -0.4 is 10.2 Å². The van der Waals surface area contributed by atoms with E-state index in [0.29, 0.717) is 12.1 Å².